The zero-order valence-electron chi connectivity index (χ0n) is 11.8. The fourth-order valence-electron chi connectivity index (χ4n) is 1.90. The number of ketones is 1. The van der Waals surface area contributed by atoms with Gasteiger partial charge >= 0.3 is 5.97 Å². The van der Waals surface area contributed by atoms with Crippen molar-refractivity contribution in [3.8, 4) is 0 Å². The second-order valence-corrected chi connectivity index (χ2v) is 7.14. The van der Waals surface area contributed by atoms with Crippen LogP contribution in [-0.2, 0) is 4.74 Å². The van der Waals surface area contributed by atoms with Crippen molar-refractivity contribution in [1.29, 1.82) is 0 Å². The number of carbonyl (C=O) groups is 2. The van der Waals surface area contributed by atoms with Gasteiger partial charge in [-0.25, -0.2) is 9.78 Å². The van der Waals surface area contributed by atoms with Gasteiger partial charge in [0.05, 0.1) is 10.7 Å². The number of thiazole rings is 1. The molecule has 0 unspecified atom stereocenters. The van der Waals surface area contributed by atoms with E-state index in [2.05, 4.69) is 4.98 Å². The van der Waals surface area contributed by atoms with E-state index in [1.165, 1.54) is 11.3 Å². The van der Waals surface area contributed by atoms with Crippen LogP contribution in [0.5, 0.6) is 0 Å². The molecule has 4 nitrogen and oxygen atoms in total. The van der Waals surface area contributed by atoms with Gasteiger partial charge in [0.1, 0.15) is 4.88 Å². The summed E-state index contributed by atoms with van der Waals surface area (Å²) in [5, 5.41) is 0.810. The first kappa shape index (κ1) is 14.9. The molecule has 2 rings (SSSR count). The Morgan fingerprint density at radius 3 is 2.40 bits per heavy atom. The van der Waals surface area contributed by atoms with Gasteiger partial charge in [-0.3, -0.25) is 4.79 Å². The lowest BCUT2D eigenvalue weighted by atomic mass is 10.2. The van der Waals surface area contributed by atoms with Crippen LogP contribution in [0.3, 0.4) is 0 Å². The monoisotopic (exact) mass is 309 g/mol. The molecule has 20 heavy (non-hydrogen) atoms. The van der Waals surface area contributed by atoms with Gasteiger partial charge in [0, 0.05) is 15.3 Å². The molecule has 0 atom stereocenters. The summed E-state index contributed by atoms with van der Waals surface area (Å²) in [6, 6.07) is 1.83. The first-order valence-electron chi connectivity index (χ1n) is 6.10. The number of aryl methyl sites for hydroxylation is 4. The highest BCUT2D eigenvalue weighted by molar-refractivity contribution is 7.13. The normalized spacial score (nSPS) is 10.6. The maximum Gasteiger partial charge on any atom is 0.350 e. The van der Waals surface area contributed by atoms with Gasteiger partial charge in [-0.2, -0.15) is 0 Å². The van der Waals surface area contributed by atoms with E-state index in [1.807, 2.05) is 26.8 Å². The highest BCUT2D eigenvalue weighted by Gasteiger charge is 2.18. The van der Waals surface area contributed by atoms with E-state index in [1.54, 1.807) is 18.3 Å². The van der Waals surface area contributed by atoms with Gasteiger partial charge in [0.25, 0.3) is 0 Å². The molecule has 0 spiro atoms. The van der Waals surface area contributed by atoms with Gasteiger partial charge in [-0.05, 0) is 33.8 Å². The van der Waals surface area contributed by atoms with Gasteiger partial charge in [-0.1, -0.05) is 0 Å². The minimum atomic E-state index is -0.481. The second-order valence-electron chi connectivity index (χ2n) is 4.47. The third kappa shape index (κ3) is 3.13. The molecular weight excluding hydrogens is 294 g/mol. The third-order valence-corrected chi connectivity index (χ3v) is 4.78. The van der Waals surface area contributed by atoms with E-state index >= 15 is 0 Å². The van der Waals surface area contributed by atoms with E-state index in [9.17, 15) is 9.59 Å². The van der Waals surface area contributed by atoms with Crippen LogP contribution in [0.4, 0.5) is 0 Å². The van der Waals surface area contributed by atoms with E-state index in [4.69, 9.17) is 4.74 Å². The van der Waals surface area contributed by atoms with Crippen molar-refractivity contribution in [2.45, 2.75) is 27.7 Å². The van der Waals surface area contributed by atoms with Crippen molar-refractivity contribution in [1.82, 2.24) is 4.98 Å². The Hall–Kier alpha value is -1.53. The Morgan fingerprint density at radius 1 is 1.20 bits per heavy atom. The first-order valence-corrected chi connectivity index (χ1v) is 7.73. The van der Waals surface area contributed by atoms with Crippen LogP contribution >= 0.6 is 22.7 Å². The Morgan fingerprint density at radius 2 is 1.90 bits per heavy atom. The molecule has 6 heteroatoms. The summed E-state index contributed by atoms with van der Waals surface area (Å²) >= 11 is 2.85. The van der Waals surface area contributed by atoms with Crippen molar-refractivity contribution in [3.63, 3.8) is 0 Å². The molecule has 0 aliphatic heterocycles. The summed E-state index contributed by atoms with van der Waals surface area (Å²) < 4.78 is 5.09. The summed E-state index contributed by atoms with van der Waals surface area (Å²) in [5.74, 6) is -0.648. The number of Topliss-reactive ketones (excluding diaryl/α,β-unsaturated/α-hetero) is 1. The quantitative estimate of drug-likeness (QED) is 0.641. The SMILES string of the molecule is Cc1cc(C(=O)COC(=O)c2sc(C)nc2C)c(C)s1. The number of esters is 1. The van der Waals surface area contributed by atoms with Crippen LogP contribution in [-0.4, -0.2) is 23.3 Å². The summed E-state index contributed by atoms with van der Waals surface area (Å²) in [4.78, 5) is 30.6. The number of hydrogen-bond acceptors (Lipinski definition) is 6. The van der Waals surface area contributed by atoms with Crippen LogP contribution in [0.2, 0.25) is 0 Å². The van der Waals surface area contributed by atoms with Crippen molar-refractivity contribution in [2.75, 3.05) is 6.61 Å². The van der Waals surface area contributed by atoms with Crippen molar-refractivity contribution in [3.05, 3.63) is 37.0 Å². The van der Waals surface area contributed by atoms with Crippen molar-refractivity contribution < 1.29 is 14.3 Å². The van der Waals surface area contributed by atoms with Crippen LogP contribution in [0.1, 0.15) is 40.5 Å². The summed E-state index contributed by atoms with van der Waals surface area (Å²) in [5.41, 5.74) is 1.28. The number of aromatic nitrogens is 1. The average Bonchev–Trinajstić information content (AvgIpc) is 2.88. The van der Waals surface area contributed by atoms with Crippen LogP contribution in [0.15, 0.2) is 6.07 Å². The molecule has 0 fully saturated rings. The number of rotatable bonds is 4. The average molecular weight is 309 g/mol. The predicted octanol–water partition coefficient (Wildman–Crippen LogP) is 3.48. The second kappa shape index (κ2) is 5.85. The summed E-state index contributed by atoms with van der Waals surface area (Å²) in [7, 11) is 0. The Bertz CT molecular complexity index is 612. The lowest BCUT2D eigenvalue weighted by Gasteiger charge is -2.02. The fraction of sp³-hybridized carbons (Fsp3) is 0.357. The van der Waals surface area contributed by atoms with E-state index in [0.29, 0.717) is 16.1 Å². The minimum Gasteiger partial charge on any atom is -0.453 e. The Balaban J connectivity index is 2.02. The summed E-state index contributed by atoms with van der Waals surface area (Å²) in [6.07, 6.45) is 0. The number of ether oxygens (including phenoxy) is 1. The molecule has 0 saturated carbocycles. The standard InChI is InChI=1S/C14H15NO3S2/c1-7-5-11(9(3)19-7)12(16)6-18-14(17)13-8(2)15-10(4)20-13/h5H,6H2,1-4H3. The van der Waals surface area contributed by atoms with Gasteiger partial charge in [0.15, 0.2) is 6.61 Å². The smallest absolute Gasteiger partial charge is 0.350 e. The van der Waals surface area contributed by atoms with Gasteiger partial charge in [0.2, 0.25) is 5.78 Å². The zero-order valence-corrected chi connectivity index (χ0v) is 13.4. The molecule has 0 N–H and O–H groups in total. The Kier molecular flexibility index (Phi) is 4.35. The number of thiophene rings is 1. The molecule has 2 aromatic heterocycles. The molecule has 0 aliphatic carbocycles. The maximum absolute atomic E-state index is 12.0. The highest BCUT2D eigenvalue weighted by atomic mass is 32.1. The molecule has 0 saturated heterocycles. The van der Waals surface area contributed by atoms with E-state index in [0.717, 1.165) is 14.8 Å². The van der Waals surface area contributed by atoms with Gasteiger partial charge in [-0.15, -0.1) is 22.7 Å². The first-order chi connectivity index (χ1) is 9.38. The van der Waals surface area contributed by atoms with Crippen molar-refractivity contribution >= 4 is 34.4 Å². The molecule has 0 amide bonds. The minimum absolute atomic E-state index is 0.168. The number of hydrogen-bond donors (Lipinski definition) is 0. The van der Waals surface area contributed by atoms with Crippen LogP contribution in [0, 0.1) is 27.7 Å². The molecule has 0 aliphatic rings. The van der Waals surface area contributed by atoms with Gasteiger partial charge < -0.3 is 4.74 Å². The molecule has 106 valence electrons. The lowest BCUT2D eigenvalue weighted by molar-refractivity contribution is 0.0478. The van der Waals surface area contributed by atoms with Crippen molar-refractivity contribution in [2.24, 2.45) is 0 Å². The maximum atomic E-state index is 12.0. The third-order valence-electron chi connectivity index (χ3n) is 2.76. The zero-order chi connectivity index (χ0) is 14.9. The Labute approximate surface area is 125 Å². The largest absolute Gasteiger partial charge is 0.453 e. The highest BCUT2D eigenvalue weighted by Crippen LogP contribution is 2.22. The molecular formula is C14H15NO3S2. The van der Waals surface area contributed by atoms with E-state index < -0.39 is 5.97 Å². The van der Waals surface area contributed by atoms with E-state index in [-0.39, 0.29) is 12.4 Å². The number of carbonyl (C=O) groups excluding carboxylic acids is 2. The van der Waals surface area contributed by atoms with Crippen LogP contribution < -0.4 is 0 Å². The fourth-order valence-corrected chi connectivity index (χ4v) is 3.66. The lowest BCUT2D eigenvalue weighted by Crippen LogP contribution is -2.14. The molecule has 2 aromatic rings. The number of nitrogens with zero attached hydrogens (tertiary/aromatic N) is 1. The van der Waals surface area contributed by atoms with Crippen LogP contribution in [0.25, 0.3) is 0 Å². The molecule has 2 heterocycles. The topological polar surface area (TPSA) is 56.3 Å². The molecule has 0 radical (unpaired) electrons. The predicted molar refractivity (Wildman–Crippen MR) is 80.0 cm³/mol. The molecule has 0 bridgehead atoms. The summed E-state index contributed by atoms with van der Waals surface area (Å²) in [6.45, 7) is 7.20. The molecule has 0 aromatic carbocycles.